The van der Waals surface area contributed by atoms with Crippen molar-refractivity contribution in [2.75, 3.05) is 0 Å². The van der Waals surface area contributed by atoms with E-state index in [2.05, 4.69) is 0 Å². The van der Waals surface area contributed by atoms with Crippen LogP contribution in [0, 0.1) is 0 Å². The third-order valence-electron chi connectivity index (χ3n) is 4.22. The van der Waals surface area contributed by atoms with Crippen LogP contribution in [0.5, 0.6) is 5.75 Å². The van der Waals surface area contributed by atoms with Gasteiger partial charge in [-0.15, -0.1) is 0 Å². The van der Waals surface area contributed by atoms with Crippen LogP contribution in [0.25, 0.3) is 11.0 Å². The van der Waals surface area contributed by atoms with Crippen molar-refractivity contribution >= 4 is 22.7 Å². The van der Waals surface area contributed by atoms with Gasteiger partial charge in [0, 0.05) is 17.0 Å². The summed E-state index contributed by atoms with van der Waals surface area (Å²) in [6.45, 7) is 6.65. The van der Waals surface area contributed by atoms with Crippen molar-refractivity contribution in [1.82, 2.24) is 0 Å². The summed E-state index contributed by atoms with van der Waals surface area (Å²) in [5.74, 6) is -0.752. The molecule has 1 aromatic carbocycles. The minimum atomic E-state index is -1.15. The molecule has 1 atom stereocenters. The van der Waals surface area contributed by atoms with Crippen LogP contribution >= 0.6 is 0 Å². The summed E-state index contributed by atoms with van der Waals surface area (Å²) in [5.41, 5.74) is -0.994. The minimum absolute atomic E-state index is 0.116. The van der Waals surface area contributed by atoms with Gasteiger partial charge >= 0.3 is 11.6 Å². The third kappa shape index (κ3) is 2.84. The lowest BCUT2D eigenvalue weighted by Crippen LogP contribution is -2.52. The number of hydrogen-bond donors (Lipinski definition) is 0. The van der Waals surface area contributed by atoms with E-state index in [-0.39, 0.29) is 11.1 Å². The van der Waals surface area contributed by atoms with Gasteiger partial charge in [-0.05, 0) is 45.9 Å². The predicted molar refractivity (Wildman–Crippen MR) is 90.8 cm³/mol. The fourth-order valence-electron chi connectivity index (χ4n) is 2.73. The summed E-state index contributed by atoms with van der Waals surface area (Å²) in [7, 11) is 0. The second-order valence-electron chi connectivity index (χ2n) is 6.44. The molecule has 6 nitrogen and oxygen atoms in total. The van der Waals surface area contributed by atoms with Crippen molar-refractivity contribution in [1.29, 1.82) is 0 Å². The molecule has 0 saturated carbocycles. The van der Waals surface area contributed by atoms with E-state index in [1.54, 1.807) is 52.0 Å². The second-order valence-corrected chi connectivity index (χ2v) is 6.44. The molecule has 0 spiro atoms. The summed E-state index contributed by atoms with van der Waals surface area (Å²) in [5, 5.41) is 0.588. The van der Waals surface area contributed by atoms with E-state index in [4.69, 9.17) is 13.9 Å². The molecule has 0 N–H and O–H groups in total. The summed E-state index contributed by atoms with van der Waals surface area (Å²) >= 11 is 0. The number of ketones is 1. The van der Waals surface area contributed by atoms with Gasteiger partial charge in [0.05, 0.1) is 0 Å². The van der Waals surface area contributed by atoms with E-state index in [0.717, 1.165) is 0 Å². The summed E-state index contributed by atoms with van der Waals surface area (Å²) in [4.78, 5) is 36.8. The summed E-state index contributed by atoms with van der Waals surface area (Å²) in [6, 6.07) is 6.20. The molecule has 0 fully saturated rings. The molecule has 0 aliphatic carbocycles. The first-order valence-electron chi connectivity index (χ1n) is 7.88. The van der Waals surface area contributed by atoms with Gasteiger partial charge < -0.3 is 13.9 Å². The molecule has 0 saturated heterocycles. The number of Topliss-reactive ketones (excluding diaryl/α,β-unsaturated/α-hetero) is 1. The van der Waals surface area contributed by atoms with Crippen molar-refractivity contribution in [3.63, 3.8) is 0 Å². The van der Waals surface area contributed by atoms with Crippen LogP contribution in [0.4, 0.5) is 0 Å². The zero-order valence-electron chi connectivity index (χ0n) is 14.4. The van der Waals surface area contributed by atoms with E-state index >= 15 is 0 Å². The van der Waals surface area contributed by atoms with Crippen molar-refractivity contribution in [2.45, 2.75) is 39.4 Å². The lowest BCUT2D eigenvalue weighted by Gasteiger charge is -2.38. The predicted octanol–water partition coefficient (Wildman–Crippen LogP) is 3.02. The molecule has 0 amide bonds. The molecule has 1 aromatic heterocycles. The molecule has 1 aliphatic rings. The highest BCUT2D eigenvalue weighted by molar-refractivity contribution is 6.12. The standard InChI is InChI=1S/C19H18O6/c1-5-10(2)18(22)24-17-15(21)14-12(25-19(17,3)4)8-6-11-7-9-13(20)23-16(11)14/h5-9,17H,1-4H3/t17-/m1/s1. The normalized spacial score (nSPS) is 19.3. The fraction of sp³-hybridized carbons (Fsp3) is 0.316. The first-order valence-corrected chi connectivity index (χ1v) is 7.88. The van der Waals surface area contributed by atoms with Crippen LogP contribution in [0.1, 0.15) is 38.1 Å². The molecule has 1 aliphatic heterocycles. The van der Waals surface area contributed by atoms with Gasteiger partial charge in [0.25, 0.3) is 0 Å². The number of carbonyl (C=O) groups excluding carboxylic acids is 2. The van der Waals surface area contributed by atoms with Crippen molar-refractivity contribution < 1.29 is 23.5 Å². The van der Waals surface area contributed by atoms with Gasteiger partial charge in [-0.25, -0.2) is 9.59 Å². The zero-order chi connectivity index (χ0) is 18.4. The summed E-state index contributed by atoms with van der Waals surface area (Å²) in [6.07, 6.45) is 0.449. The van der Waals surface area contributed by atoms with Gasteiger partial charge in [0.1, 0.15) is 16.9 Å². The number of carbonyl (C=O) groups is 2. The molecule has 6 heteroatoms. The second kappa shape index (κ2) is 5.88. The maximum Gasteiger partial charge on any atom is 0.336 e. The maximum absolute atomic E-state index is 13.1. The highest BCUT2D eigenvalue weighted by Gasteiger charge is 2.47. The van der Waals surface area contributed by atoms with Crippen LogP contribution in [-0.2, 0) is 9.53 Å². The number of esters is 1. The Morgan fingerprint density at radius 2 is 1.88 bits per heavy atom. The van der Waals surface area contributed by atoms with Crippen LogP contribution in [-0.4, -0.2) is 23.5 Å². The number of benzene rings is 1. The van der Waals surface area contributed by atoms with E-state index in [0.29, 0.717) is 16.7 Å². The van der Waals surface area contributed by atoms with Gasteiger partial charge in [-0.2, -0.15) is 0 Å². The zero-order valence-corrected chi connectivity index (χ0v) is 14.4. The molecule has 0 unspecified atom stereocenters. The topological polar surface area (TPSA) is 82.8 Å². The quantitative estimate of drug-likeness (QED) is 0.474. The van der Waals surface area contributed by atoms with E-state index in [1.165, 1.54) is 6.07 Å². The average molecular weight is 342 g/mol. The monoisotopic (exact) mass is 342 g/mol. The maximum atomic E-state index is 13.1. The highest BCUT2D eigenvalue weighted by atomic mass is 16.6. The van der Waals surface area contributed by atoms with Crippen molar-refractivity contribution in [2.24, 2.45) is 0 Å². The Hall–Kier alpha value is -2.89. The first kappa shape index (κ1) is 17.0. The Kier molecular flexibility index (Phi) is 3.99. The Balaban J connectivity index is 2.14. The Labute approximate surface area is 144 Å². The van der Waals surface area contributed by atoms with Gasteiger partial charge in [0.15, 0.2) is 5.58 Å². The number of rotatable bonds is 2. The fourth-order valence-corrected chi connectivity index (χ4v) is 2.73. The largest absolute Gasteiger partial charge is 0.483 e. The molecule has 0 bridgehead atoms. The molecule has 0 radical (unpaired) electrons. The van der Waals surface area contributed by atoms with Gasteiger partial charge in [-0.1, -0.05) is 6.08 Å². The van der Waals surface area contributed by atoms with E-state index in [1.807, 2.05) is 0 Å². The Bertz CT molecular complexity index is 964. The lowest BCUT2D eigenvalue weighted by atomic mass is 9.88. The number of ether oxygens (including phenoxy) is 2. The third-order valence-corrected chi connectivity index (χ3v) is 4.22. The first-order chi connectivity index (χ1) is 11.7. The molecular weight excluding hydrogens is 324 g/mol. The number of allylic oxidation sites excluding steroid dienone is 1. The van der Waals surface area contributed by atoms with Crippen molar-refractivity contribution in [3.05, 3.63) is 51.9 Å². The Morgan fingerprint density at radius 1 is 1.20 bits per heavy atom. The smallest absolute Gasteiger partial charge is 0.336 e. The van der Waals surface area contributed by atoms with Gasteiger partial charge in [-0.3, -0.25) is 4.79 Å². The number of hydrogen-bond acceptors (Lipinski definition) is 6. The Morgan fingerprint density at radius 3 is 2.56 bits per heavy atom. The highest BCUT2D eigenvalue weighted by Crippen LogP contribution is 2.38. The van der Waals surface area contributed by atoms with Gasteiger partial charge in [0.2, 0.25) is 11.9 Å². The summed E-state index contributed by atoms with van der Waals surface area (Å²) < 4.78 is 16.5. The molecule has 2 heterocycles. The lowest BCUT2D eigenvalue weighted by molar-refractivity contribution is -0.151. The number of fused-ring (bicyclic) bond motifs is 3. The molecule has 130 valence electrons. The molecule has 25 heavy (non-hydrogen) atoms. The molecule has 3 rings (SSSR count). The minimum Gasteiger partial charge on any atom is -0.483 e. The van der Waals surface area contributed by atoms with Crippen molar-refractivity contribution in [3.8, 4) is 5.75 Å². The molecular formula is C19H18O6. The van der Waals surface area contributed by atoms with E-state index < -0.39 is 29.1 Å². The van der Waals surface area contributed by atoms with Crippen LogP contribution in [0.3, 0.4) is 0 Å². The van der Waals surface area contributed by atoms with E-state index in [9.17, 15) is 14.4 Å². The van der Waals surface area contributed by atoms with Crippen LogP contribution in [0.2, 0.25) is 0 Å². The average Bonchev–Trinajstić information content (AvgIpc) is 2.56. The SMILES string of the molecule is CC=C(C)C(=O)O[C@@H]1C(=O)c2c(ccc3ccc(=O)oc23)OC1(C)C. The molecule has 2 aromatic rings. The van der Waals surface area contributed by atoms with Crippen LogP contribution < -0.4 is 10.4 Å². The van der Waals surface area contributed by atoms with Crippen LogP contribution in [0.15, 0.2) is 45.1 Å².